The molecular weight excluding hydrogens is 238 g/mol. The van der Waals surface area contributed by atoms with Gasteiger partial charge in [0.2, 0.25) is 11.7 Å². The number of benzene rings is 1. The van der Waals surface area contributed by atoms with Crippen LogP contribution in [-0.2, 0) is 6.54 Å². The number of aromatic nitrogens is 2. The zero-order chi connectivity index (χ0) is 13.1. The van der Waals surface area contributed by atoms with Crippen molar-refractivity contribution in [2.75, 3.05) is 14.2 Å². The molecule has 3 N–H and O–H groups in total. The third kappa shape index (κ3) is 2.07. The molecule has 1 aromatic carbocycles. The summed E-state index contributed by atoms with van der Waals surface area (Å²) in [5.74, 6) is 1.39. The van der Waals surface area contributed by atoms with E-state index in [0.29, 0.717) is 23.0 Å². The number of methoxy groups -OCH3 is 2. The van der Waals surface area contributed by atoms with Crippen molar-refractivity contribution in [1.29, 1.82) is 0 Å². The Kier molecular flexibility index (Phi) is 3.33. The van der Waals surface area contributed by atoms with Crippen LogP contribution in [0.25, 0.3) is 11.4 Å². The lowest BCUT2D eigenvalue weighted by Crippen LogP contribution is -1.96. The van der Waals surface area contributed by atoms with E-state index in [9.17, 15) is 5.11 Å². The molecule has 0 fully saturated rings. The number of rotatable bonds is 4. The van der Waals surface area contributed by atoms with Gasteiger partial charge in [-0.3, -0.25) is 0 Å². The second-order valence-electron chi connectivity index (χ2n) is 3.44. The summed E-state index contributed by atoms with van der Waals surface area (Å²) in [6.45, 7) is 0.140. The van der Waals surface area contributed by atoms with Gasteiger partial charge in [0.05, 0.1) is 26.3 Å². The van der Waals surface area contributed by atoms with Crippen LogP contribution in [0.4, 0.5) is 0 Å². The van der Waals surface area contributed by atoms with E-state index in [2.05, 4.69) is 10.1 Å². The van der Waals surface area contributed by atoms with E-state index in [1.165, 1.54) is 20.3 Å². The Labute approximate surface area is 103 Å². The number of hydrogen-bond donors (Lipinski definition) is 2. The zero-order valence-corrected chi connectivity index (χ0v) is 10.0. The maximum absolute atomic E-state index is 9.89. The fourth-order valence-electron chi connectivity index (χ4n) is 1.49. The SMILES string of the molecule is COc1cc(O)c(-c2noc(CN)n2)cc1OC. The third-order valence-corrected chi connectivity index (χ3v) is 2.39. The molecule has 0 unspecified atom stereocenters. The van der Waals surface area contributed by atoms with E-state index in [0.717, 1.165) is 0 Å². The highest BCUT2D eigenvalue weighted by Crippen LogP contribution is 2.38. The highest BCUT2D eigenvalue weighted by molar-refractivity contribution is 5.68. The smallest absolute Gasteiger partial charge is 0.240 e. The molecule has 96 valence electrons. The lowest BCUT2D eigenvalue weighted by molar-refractivity contribution is 0.351. The molecule has 0 saturated carbocycles. The fourth-order valence-corrected chi connectivity index (χ4v) is 1.49. The first-order chi connectivity index (χ1) is 8.69. The highest BCUT2D eigenvalue weighted by Gasteiger charge is 2.16. The average molecular weight is 251 g/mol. The van der Waals surface area contributed by atoms with Crippen molar-refractivity contribution in [3.63, 3.8) is 0 Å². The number of aromatic hydroxyl groups is 1. The number of nitrogens with zero attached hydrogens (tertiary/aromatic N) is 2. The van der Waals surface area contributed by atoms with Crippen LogP contribution >= 0.6 is 0 Å². The van der Waals surface area contributed by atoms with Crippen molar-refractivity contribution in [2.45, 2.75) is 6.54 Å². The lowest BCUT2D eigenvalue weighted by Gasteiger charge is -2.09. The first-order valence-electron chi connectivity index (χ1n) is 5.17. The Bertz CT molecular complexity index is 553. The normalized spacial score (nSPS) is 10.4. The highest BCUT2D eigenvalue weighted by atomic mass is 16.5. The molecule has 1 aromatic heterocycles. The van der Waals surface area contributed by atoms with Crippen molar-refractivity contribution in [2.24, 2.45) is 5.73 Å². The van der Waals surface area contributed by atoms with Gasteiger partial charge in [0.25, 0.3) is 0 Å². The Hall–Kier alpha value is -2.28. The number of phenols is 1. The van der Waals surface area contributed by atoms with Gasteiger partial charge in [0.15, 0.2) is 11.5 Å². The molecule has 0 saturated heterocycles. The molecular formula is C11H13N3O4. The average Bonchev–Trinajstić information content (AvgIpc) is 2.86. The Balaban J connectivity index is 2.50. The number of nitrogens with two attached hydrogens (primary N) is 1. The summed E-state index contributed by atoms with van der Waals surface area (Å²) in [5, 5.41) is 13.6. The van der Waals surface area contributed by atoms with Crippen molar-refractivity contribution < 1.29 is 19.1 Å². The van der Waals surface area contributed by atoms with Crippen LogP contribution in [0.15, 0.2) is 16.7 Å². The fraction of sp³-hybridized carbons (Fsp3) is 0.273. The van der Waals surface area contributed by atoms with E-state index < -0.39 is 0 Å². The Morgan fingerprint density at radius 3 is 2.50 bits per heavy atom. The largest absolute Gasteiger partial charge is 0.507 e. The summed E-state index contributed by atoms with van der Waals surface area (Å²) in [7, 11) is 2.98. The van der Waals surface area contributed by atoms with E-state index in [1.807, 2.05) is 0 Å². The van der Waals surface area contributed by atoms with Crippen LogP contribution in [0.5, 0.6) is 17.2 Å². The van der Waals surface area contributed by atoms with Crippen LogP contribution in [-0.4, -0.2) is 29.5 Å². The molecule has 0 radical (unpaired) electrons. The molecule has 0 amide bonds. The molecule has 7 nitrogen and oxygen atoms in total. The summed E-state index contributed by atoms with van der Waals surface area (Å²) in [4.78, 5) is 4.03. The predicted molar refractivity (Wildman–Crippen MR) is 62.4 cm³/mol. The number of ether oxygens (including phenoxy) is 2. The van der Waals surface area contributed by atoms with E-state index in [4.69, 9.17) is 19.7 Å². The van der Waals surface area contributed by atoms with Gasteiger partial charge in [-0.15, -0.1) is 0 Å². The van der Waals surface area contributed by atoms with E-state index in [-0.39, 0.29) is 18.1 Å². The standard InChI is InChI=1S/C11H13N3O4/c1-16-8-3-6(7(15)4-9(8)17-2)11-13-10(5-12)18-14-11/h3-4,15H,5,12H2,1-2H3. The van der Waals surface area contributed by atoms with Crippen LogP contribution in [0, 0.1) is 0 Å². The molecule has 7 heteroatoms. The Morgan fingerprint density at radius 2 is 1.94 bits per heavy atom. The van der Waals surface area contributed by atoms with Gasteiger partial charge in [-0.05, 0) is 6.07 Å². The van der Waals surface area contributed by atoms with Gasteiger partial charge in [0.1, 0.15) is 5.75 Å². The molecule has 0 aliphatic rings. The topological polar surface area (TPSA) is 104 Å². The summed E-state index contributed by atoms with van der Waals surface area (Å²) in [5.41, 5.74) is 5.76. The molecule has 2 aromatic rings. The van der Waals surface area contributed by atoms with Gasteiger partial charge < -0.3 is 24.8 Å². The zero-order valence-electron chi connectivity index (χ0n) is 10.0. The van der Waals surface area contributed by atoms with Gasteiger partial charge in [-0.2, -0.15) is 4.98 Å². The van der Waals surface area contributed by atoms with Gasteiger partial charge in [-0.25, -0.2) is 0 Å². The molecule has 0 bridgehead atoms. The minimum Gasteiger partial charge on any atom is -0.507 e. The van der Waals surface area contributed by atoms with Crippen LogP contribution < -0.4 is 15.2 Å². The Morgan fingerprint density at radius 1 is 1.28 bits per heavy atom. The van der Waals surface area contributed by atoms with Gasteiger partial charge in [0, 0.05) is 6.07 Å². The summed E-state index contributed by atoms with van der Waals surface area (Å²) >= 11 is 0. The van der Waals surface area contributed by atoms with Gasteiger partial charge >= 0.3 is 0 Å². The minimum atomic E-state index is -0.0305. The minimum absolute atomic E-state index is 0.0305. The van der Waals surface area contributed by atoms with Crippen molar-refractivity contribution in [3.05, 3.63) is 18.0 Å². The molecule has 18 heavy (non-hydrogen) atoms. The predicted octanol–water partition coefficient (Wildman–Crippen LogP) is 0.918. The molecule has 0 aliphatic carbocycles. The van der Waals surface area contributed by atoms with Crippen LogP contribution in [0.1, 0.15) is 5.89 Å². The lowest BCUT2D eigenvalue weighted by atomic mass is 10.1. The van der Waals surface area contributed by atoms with Crippen LogP contribution in [0.3, 0.4) is 0 Å². The molecule has 0 spiro atoms. The third-order valence-electron chi connectivity index (χ3n) is 2.39. The summed E-state index contributed by atoms with van der Waals surface area (Å²) in [6.07, 6.45) is 0. The second kappa shape index (κ2) is 4.92. The molecule has 0 aliphatic heterocycles. The van der Waals surface area contributed by atoms with Gasteiger partial charge in [-0.1, -0.05) is 5.16 Å². The first kappa shape index (κ1) is 12.2. The van der Waals surface area contributed by atoms with E-state index >= 15 is 0 Å². The molecule has 2 rings (SSSR count). The monoisotopic (exact) mass is 251 g/mol. The second-order valence-corrected chi connectivity index (χ2v) is 3.44. The summed E-state index contributed by atoms with van der Waals surface area (Å²) in [6, 6.07) is 2.99. The van der Waals surface area contributed by atoms with Crippen LogP contribution in [0.2, 0.25) is 0 Å². The van der Waals surface area contributed by atoms with Crippen molar-refractivity contribution >= 4 is 0 Å². The molecule has 0 atom stereocenters. The quantitative estimate of drug-likeness (QED) is 0.832. The molecule has 1 heterocycles. The van der Waals surface area contributed by atoms with Crippen molar-refractivity contribution in [1.82, 2.24) is 10.1 Å². The van der Waals surface area contributed by atoms with E-state index in [1.54, 1.807) is 6.07 Å². The summed E-state index contributed by atoms with van der Waals surface area (Å²) < 4.78 is 15.1. The maximum Gasteiger partial charge on any atom is 0.240 e. The number of phenolic OH excluding ortho intramolecular Hbond substituents is 1. The maximum atomic E-state index is 9.89. The van der Waals surface area contributed by atoms with Crippen molar-refractivity contribution in [3.8, 4) is 28.6 Å². The first-order valence-corrected chi connectivity index (χ1v) is 5.17. The number of hydrogen-bond acceptors (Lipinski definition) is 7.